The van der Waals surface area contributed by atoms with E-state index < -0.39 is 0 Å². The van der Waals surface area contributed by atoms with Crippen LogP contribution in [0.1, 0.15) is 5.82 Å². The summed E-state index contributed by atoms with van der Waals surface area (Å²) in [5, 5.41) is 3.11. The lowest BCUT2D eigenvalue weighted by Gasteiger charge is -2.09. The van der Waals surface area contributed by atoms with E-state index in [1.165, 1.54) is 13.4 Å². The summed E-state index contributed by atoms with van der Waals surface area (Å²) in [4.78, 5) is 15.1. The first-order valence-electron chi connectivity index (χ1n) is 5.18. The fraction of sp³-hybridized carbons (Fsp3) is 0.300. The van der Waals surface area contributed by atoms with Crippen LogP contribution in [-0.4, -0.2) is 33.6 Å². The molecule has 0 aromatic carbocycles. The summed E-state index contributed by atoms with van der Waals surface area (Å²) in [6, 6.07) is 0. The van der Waals surface area contributed by atoms with E-state index in [0.717, 1.165) is 12.2 Å². The lowest BCUT2D eigenvalue weighted by atomic mass is 10.4. The molecule has 0 aliphatic heterocycles. The maximum absolute atomic E-state index is 5.82. The number of methoxy groups -OCH3 is 1. The second-order valence-electron chi connectivity index (χ2n) is 3.36. The number of nitrogens with zero attached hydrogens (tertiary/aromatic N) is 3. The maximum atomic E-state index is 5.82. The highest BCUT2D eigenvalue weighted by Gasteiger charge is 2.07. The lowest BCUT2D eigenvalue weighted by molar-refractivity contribution is 0.399. The van der Waals surface area contributed by atoms with Crippen molar-refractivity contribution in [2.75, 3.05) is 24.7 Å². The first kappa shape index (κ1) is 11.2. The van der Waals surface area contributed by atoms with Gasteiger partial charge >= 0.3 is 0 Å². The topological polar surface area (TPSA) is 102 Å². The molecule has 0 atom stereocenters. The average Bonchev–Trinajstić information content (AvgIpc) is 2.84. The number of aromatic nitrogens is 4. The molecule has 90 valence electrons. The molecule has 0 saturated carbocycles. The van der Waals surface area contributed by atoms with Crippen LogP contribution >= 0.6 is 0 Å². The molecule has 2 rings (SSSR count). The minimum absolute atomic E-state index is 0.375. The van der Waals surface area contributed by atoms with Gasteiger partial charge in [-0.25, -0.2) is 9.97 Å². The Hall–Kier alpha value is -2.31. The normalized spacial score (nSPS) is 10.2. The van der Waals surface area contributed by atoms with Gasteiger partial charge in [-0.1, -0.05) is 0 Å². The molecule has 7 heteroatoms. The number of anilines is 2. The number of H-pyrrole nitrogens is 1. The van der Waals surface area contributed by atoms with Gasteiger partial charge in [0, 0.05) is 25.4 Å². The highest BCUT2D eigenvalue weighted by molar-refractivity contribution is 5.66. The van der Waals surface area contributed by atoms with Gasteiger partial charge in [-0.3, -0.25) is 0 Å². The highest BCUT2D eigenvalue weighted by atomic mass is 16.5. The molecular formula is C10H14N6O. The lowest BCUT2D eigenvalue weighted by Crippen LogP contribution is -2.10. The third-order valence-electron chi connectivity index (χ3n) is 2.25. The van der Waals surface area contributed by atoms with Crippen molar-refractivity contribution in [3.8, 4) is 5.88 Å². The molecule has 2 aromatic rings. The molecule has 0 bridgehead atoms. The number of hydrogen-bond acceptors (Lipinski definition) is 6. The first-order valence-corrected chi connectivity index (χ1v) is 5.18. The Morgan fingerprint density at radius 2 is 2.29 bits per heavy atom. The molecule has 0 aliphatic carbocycles. The van der Waals surface area contributed by atoms with E-state index in [0.29, 0.717) is 23.9 Å². The molecule has 0 aliphatic rings. The van der Waals surface area contributed by atoms with Crippen LogP contribution in [-0.2, 0) is 6.42 Å². The third kappa shape index (κ3) is 2.63. The number of rotatable bonds is 5. The molecular weight excluding hydrogens is 220 g/mol. The van der Waals surface area contributed by atoms with Crippen LogP contribution in [0.25, 0.3) is 0 Å². The summed E-state index contributed by atoms with van der Waals surface area (Å²) in [5.74, 6) is 1.86. The Balaban J connectivity index is 1.95. The fourth-order valence-corrected chi connectivity index (χ4v) is 1.42. The number of nitrogens with two attached hydrogens (primary N) is 1. The van der Waals surface area contributed by atoms with Crippen molar-refractivity contribution in [1.29, 1.82) is 0 Å². The predicted octanol–water partition coefficient (Wildman–Crippen LogP) is 0.445. The molecule has 0 radical (unpaired) electrons. The summed E-state index contributed by atoms with van der Waals surface area (Å²) in [6.45, 7) is 0.678. The van der Waals surface area contributed by atoms with Gasteiger partial charge in [0.15, 0.2) is 5.82 Å². The second kappa shape index (κ2) is 5.15. The van der Waals surface area contributed by atoms with Gasteiger partial charge in [0.25, 0.3) is 0 Å². The van der Waals surface area contributed by atoms with Crippen molar-refractivity contribution in [1.82, 2.24) is 19.9 Å². The Morgan fingerprint density at radius 1 is 1.41 bits per heavy atom. The van der Waals surface area contributed by atoms with Crippen molar-refractivity contribution in [3.63, 3.8) is 0 Å². The summed E-state index contributed by atoms with van der Waals surface area (Å²) in [5.41, 5.74) is 6.23. The molecule has 0 amide bonds. The second-order valence-corrected chi connectivity index (χ2v) is 3.36. The van der Waals surface area contributed by atoms with Gasteiger partial charge in [0.1, 0.15) is 17.8 Å². The molecule has 17 heavy (non-hydrogen) atoms. The molecule has 7 nitrogen and oxygen atoms in total. The summed E-state index contributed by atoms with van der Waals surface area (Å²) in [6.07, 6.45) is 5.68. The van der Waals surface area contributed by atoms with Gasteiger partial charge in [0.2, 0.25) is 5.88 Å². The zero-order chi connectivity index (χ0) is 12.1. The van der Waals surface area contributed by atoms with Crippen LogP contribution < -0.4 is 15.8 Å². The SMILES string of the molecule is COc1ncnc(NCCc2ncc[nH]2)c1N. The number of aromatic amines is 1. The van der Waals surface area contributed by atoms with E-state index in [1.807, 2.05) is 0 Å². The molecule has 2 aromatic heterocycles. The first-order chi connectivity index (χ1) is 8.31. The third-order valence-corrected chi connectivity index (χ3v) is 2.25. The summed E-state index contributed by atoms with van der Waals surface area (Å²) >= 11 is 0. The number of imidazole rings is 1. The molecule has 0 unspecified atom stereocenters. The van der Waals surface area contributed by atoms with Crippen LogP contribution in [0.4, 0.5) is 11.5 Å². The van der Waals surface area contributed by atoms with Crippen LogP contribution in [0.15, 0.2) is 18.7 Å². The summed E-state index contributed by atoms with van der Waals surface area (Å²) < 4.78 is 5.00. The van der Waals surface area contributed by atoms with E-state index in [-0.39, 0.29) is 0 Å². The fourth-order valence-electron chi connectivity index (χ4n) is 1.42. The number of ether oxygens (including phenoxy) is 1. The standard InChI is InChI=1S/C10H14N6O/c1-17-10-8(11)9(15-6-16-10)14-3-2-7-12-4-5-13-7/h4-6H,2-3,11H2,1H3,(H,12,13)(H,14,15,16). The molecule has 0 saturated heterocycles. The van der Waals surface area contributed by atoms with E-state index in [9.17, 15) is 0 Å². The average molecular weight is 234 g/mol. The minimum Gasteiger partial charge on any atom is -0.479 e. The Bertz CT molecular complexity index is 470. The molecule has 0 spiro atoms. The quantitative estimate of drug-likeness (QED) is 0.694. The van der Waals surface area contributed by atoms with E-state index in [4.69, 9.17) is 10.5 Å². The van der Waals surface area contributed by atoms with Gasteiger partial charge in [-0.05, 0) is 0 Å². The van der Waals surface area contributed by atoms with Gasteiger partial charge in [0.05, 0.1) is 7.11 Å². The summed E-state index contributed by atoms with van der Waals surface area (Å²) in [7, 11) is 1.52. The van der Waals surface area contributed by atoms with Crippen molar-refractivity contribution >= 4 is 11.5 Å². The highest BCUT2D eigenvalue weighted by Crippen LogP contribution is 2.23. The van der Waals surface area contributed by atoms with Crippen LogP contribution in [0.5, 0.6) is 5.88 Å². The van der Waals surface area contributed by atoms with Crippen LogP contribution in [0.3, 0.4) is 0 Å². The largest absolute Gasteiger partial charge is 0.479 e. The van der Waals surface area contributed by atoms with Crippen molar-refractivity contribution in [2.24, 2.45) is 0 Å². The van der Waals surface area contributed by atoms with Gasteiger partial charge in [-0.15, -0.1) is 0 Å². The van der Waals surface area contributed by atoms with E-state index in [2.05, 4.69) is 25.3 Å². The zero-order valence-corrected chi connectivity index (χ0v) is 9.47. The maximum Gasteiger partial charge on any atom is 0.242 e. The number of nitrogens with one attached hydrogen (secondary N) is 2. The Morgan fingerprint density at radius 3 is 3.00 bits per heavy atom. The van der Waals surface area contributed by atoms with Crippen molar-refractivity contribution in [3.05, 3.63) is 24.5 Å². The van der Waals surface area contributed by atoms with Crippen LogP contribution in [0, 0.1) is 0 Å². The minimum atomic E-state index is 0.375. The van der Waals surface area contributed by atoms with Crippen LogP contribution in [0.2, 0.25) is 0 Å². The predicted molar refractivity (Wildman–Crippen MR) is 63.8 cm³/mol. The smallest absolute Gasteiger partial charge is 0.242 e. The van der Waals surface area contributed by atoms with E-state index >= 15 is 0 Å². The van der Waals surface area contributed by atoms with E-state index in [1.54, 1.807) is 12.4 Å². The Labute approximate surface area is 98.5 Å². The Kier molecular flexibility index (Phi) is 3.39. The molecule has 2 heterocycles. The van der Waals surface area contributed by atoms with Crippen molar-refractivity contribution in [2.45, 2.75) is 6.42 Å². The molecule has 4 N–H and O–H groups in total. The van der Waals surface area contributed by atoms with Gasteiger partial charge in [-0.2, -0.15) is 4.98 Å². The molecule has 0 fully saturated rings. The number of nitrogen functional groups attached to an aromatic ring is 1. The van der Waals surface area contributed by atoms with Gasteiger partial charge < -0.3 is 20.8 Å². The van der Waals surface area contributed by atoms with Crippen molar-refractivity contribution < 1.29 is 4.74 Å². The monoisotopic (exact) mass is 234 g/mol. The zero-order valence-electron chi connectivity index (χ0n) is 9.47. The number of hydrogen-bond donors (Lipinski definition) is 3.